The zero-order valence-electron chi connectivity index (χ0n) is 9.16. The first-order chi connectivity index (χ1) is 3.06. The van der Waals surface area contributed by atoms with Crippen LogP contribution in [0.4, 0.5) is 0 Å². The number of phosphoric acid groups is 1. The molecule has 0 aromatic rings. The summed E-state index contributed by atoms with van der Waals surface area (Å²) in [5, 5.41) is 0. The molecule has 10 heteroatoms. The quantitative estimate of drug-likeness (QED) is 0.387. The summed E-state index contributed by atoms with van der Waals surface area (Å²) >= 11 is 4.57. The second-order valence-corrected chi connectivity index (χ2v) is 1.93. The van der Waals surface area contributed by atoms with E-state index in [1.165, 1.54) is 0 Å². The normalized spacial score (nSPS) is 7.90. The van der Waals surface area contributed by atoms with E-state index in [9.17, 15) is 14.4 Å². The van der Waals surface area contributed by atoms with Gasteiger partial charge in [-0.05, 0) is 0 Å². The minimum Gasteiger partial charge on any atom is -1.00 e. The molecule has 0 spiro atoms. The molecule has 10 heavy (non-hydrogen) atoms. The zero-order chi connectivity index (χ0) is 5.91. The van der Waals surface area contributed by atoms with Crippen LogP contribution in [0.15, 0.2) is 0 Å². The van der Waals surface area contributed by atoms with E-state index in [2.05, 4.69) is 15.9 Å². The Hall–Kier alpha value is 4.78. The van der Waals surface area contributed by atoms with Crippen LogP contribution in [0.3, 0.4) is 0 Å². The second kappa shape index (κ2) is 13.8. The van der Waals surface area contributed by atoms with Gasteiger partial charge in [-0.25, -0.2) is 0 Å². The molecule has 0 aliphatic carbocycles. The Morgan fingerprint density at radius 3 is 1.90 bits per heavy atom. The van der Waals surface area contributed by atoms with Gasteiger partial charge in [0.15, 0.2) is 0 Å². The zero-order valence-corrected chi connectivity index (χ0v) is 16.9. The molecule has 0 unspecified atom stereocenters. The van der Waals surface area contributed by atoms with Crippen LogP contribution in [0.1, 0.15) is 5.71 Å². The summed E-state index contributed by atoms with van der Waals surface area (Å²) in [5.74, 6) is 0. The summed E-state index contributed by atoms with van der Waals surface area (Å²) in [6.45, 7) is 0.292. The van der Waals surface area contributed by atoms with Crippen LogP contribution in [0.2, 0.25) is 0 Å². The van der Waals surface area contributed by atoms with E-state index < -0.39 is 7.82 Å². The van der Waals surface area contributed by atoms with Gasteiger partial charge in [0.05, 0.1) is 0 Å². The van der Waals surface area contributed by atoms with Crippen molar-refractivity contribution in [3.8, 4) is 0 Å². The number of rotatable bonds is 2. The number of halogens is 1. The minimum absolute atomic E-state index is 0. The van der Waals surface area contributed by atoms with Crippen molar-refractivity contribution in [1.82, 2.24) is 0 Å². The summed E-state index contributed by atoms with van der Waals surface area (Å²) in [6.07, 6.45) is 0. The van der Waals surface area contributed by atoms with Crippen molar-refractivity contribution in [3.05, 3.63) is 0 Å². The van der Waals surface area contributed by atoms with E-state index in [4.69, 9.17) is 0 Å². The Morgan fingerprint density at radius 1 is 1.60 bits per heavy atom. The molecule has 0 fully saturated rings. The van der Waals surface area contributed by atoms with Crippen LogP contribution >= 0.6 is 19.3 Å². The Morgan fingerprint density at radius 2 is 1.90 bits per heavy atom. The first-order valence-electron chi connectivity index (χ1n) is 1.18. The van der Waals surface area contributed by atoms with E-state index in [1.807, 2.05) is 0 Å². The van der Waals surface area contributed by atoms with Crippen molar-refractivity contribution in [2.75, 3.05) is 0 Å². The molecular formula is H4BBaCaClO4PSr. The van der Waals surface area contributed by atoms with Crippen LogP contribution < -0.4 is 9.79 Å². The third-order valence-corrected chi connectivity index (χ3v) is 0.746. The van der Waals surface area contributed by atoms with Crippen LogP contribution in [0.5, 0.6) is 0 Å². The molecule has 0 aromatic heterocycles. The fraction of sp³-hybridized carbons (Fsp3) is 0. The van der Waals surface area contributed by atoms with Gasteiger partial charge in [-0.15, -0.1) is 0 Å². The van der Waals surface area contributed by atoms with Crippen LogP contribution in [0, 0.1) is 0 Å². The van der Waals surface area contributed by atoms with Crippen molar-refractivity contribution < 1.29 is 24.5 Å². The monoisotopic (exact) mass is 411 g/mol. The van der Waals surface area contributed by atoms with Gasteiger partial charge in [-0.1, -0.05) is 0 Å². The Labute approximate surface area is 178 Å². The molecule has 0 saturated heterocycles. The van der Waals surface area contributed by atoms with Gasteiger partial charge >= 0.3 is 139 Å². The molecule has 1 radical (unpaired) electrons. The van der Waals surface area contributed by atoms with Crippen LogP contribution in [0.25, 0.3) is 0 Å². The largest absolute Gasteiger partial charge is 2.00 e. The maximum Gasteiger partial charge on any atom is 2.00 e. The molecule has 0 N–H and O–H groups in total. The Bertz CT molecular complexity index is 111. The molecule has 0 amide bonds. The maximum atomic E-state index is 9.37. The van der Waals surface area contributed by atoms with Gasteiger partial charge in [0.25, 0.3) is 0 Å². The second-order valence-electron chi connectivity index (χ2n) is 0.642. The molecular weight excluding hydrogens is 406 g/mol. The Balaban J connectivity index is -0.00000000857. The molecule has 0 rings (SSSR count). The molecule has 0 atom stereocenters. The predicted molar refractivity (Wildman–Crippen MR) is 42.0 cm³/mol. The molecule has 0 bridgehead atoms. The van der Waals surface area contributed by atoms with Gasteiger partial charge in [0, 0.05) is 7.82 Å². The Kier molecular flexibility index (Phi) is 33.3. The van der Waals surface area contributed by atoms with E-state index in [0.29, 0.717) is 6.90 Å². The predicted octanol–water partition coefficient (Wildman–Crippen LogP) is -2.09. The van der Waals surface area contributed by atoms with Crippen molar-refractivity contribution in [1.29, 1.82) is 0 Å². The summed E-state index contributed by atoms with van der Waals surface area (Å²) in [7, 11) is -4.85. The van der Waals surface area contributed by atoms with Crippen LogP contribution in [-0.4, -0.2) is 139 Å². The number of hydrogen-bond acceptors (Lipinski definition) is 4. The van der Waals surface area contributed by atoms with E-state index in [1.54, 1.807) is 0 Å². The van der Waals surface area contributed by atoms with Gasteiger partial charge in [-0.2, -0.15) is 11.5 Å². The summed E-state index contributed by atoms with van der Waals surface area (Å²) in [5.41, 5.74) is 0. The maximum absolute atomic E-state index is 9.37. The van der Waals surface area contributed by atoms with Crippen molar-refractivity contribution >= 4 is 158 Å². The van der Waals surface area contributed by atoms with Crippen LogP contribution in [-0.2, 0) is 9.01 Å². The third-order valence-electron chi connectivity index (χ3n) is 0.169. The van der Waals surface area contributed by atoms with Crippen molar-refractivity contribution in [2.24, 2.45) is 0 Å². The standard InChI is InChI=1S/BClH2O4P.Ba.Ca.Sr.4H/c2-1-6-7(3,4)5;;;;;;;/h(H2,3,4,5);;;;;;;/q;3*+2;4*-1/p-2. The van der Waals surface area contributed by atoms with Gasteiger partial charge in [-0.3, -0.25) is 0 Å². The molecule has 0 saturated carbocycles. The molecule has 0 aliphatic rings. The van der Waals surface area contributed by atoms with Crippen molar-refractivity contribution in [2.45, 2.75) is 0 Å². The molecule has 49 valence electrons. The first-order valence-corrected chi connectivity index (χ1v) is 3.08. The summed E-state index contributed by atoms with van der Waals surface area (Å²) < 4.78 is 12.7. The van der Waals surface area contributed by atoms with E-state index >= 15 is 0 Å². The smallest absolute Gasteiger partial charge is 1.00 e. The SMILES string of the molecule is O=P([O-])([O-])O[B]Cl.[Ba+2].[Ca+2].[H-].[H-].[H-].[H-].[Sr+2]. The van der Waals surface area contributed by atoms with Gasteiger partial charge in [0.2, 0.25) is 0 Å². The fourth-order valence-corrected chi connectivity index (χ4v) is 0.439. The van der Waals surface area contributed by atoms with E-state index in [0.717, 1.165) is 0 Å². The fourth-order valence-electron chi connectivity index (χ4n) is 0.0488. The average molecular weight is 410 g/mol. The first kappa shape index (κ1) is 24.1. The number of hydrogen-bond donors (Lipinski definition) is 0. The minimum atomic E-state index is -4.85. The van der Waals surface area contributed by atoms with Gasteiger partial charge in [0.1, 0.15) is 0 Å². The topological polar surface area (TPSA) is 72.4 Å². The molecule has 0 aromatic carbocycles. The van der Waals surface area contributed by atoms with Crippen molar-refractivity contribution in [3.63, 3.8) is 0 Å². The summed E-state index contributed by atoms with van der Waals surface area (Å²) in [6, 6.07) is 0. The average Bonchev–Trinajstić information content (AvgIpc) is 1.30. The van der Waals surface area contributed by atoms with Gasteiger partial charge < -0.3 is 24.5 Å². The molecule has 4 nitrogen and oxygen atoms in total. The summed E-state index contributed by atoms with van der Waals surface area (Å²) in [4.78, 5) is 18.7. The van der Waals surface area contributed by atoms with E-state index in [-0.39, 0.29) is 138 Å². The molecule has 0 heterocycles. The molecule has 0 aliphatic heterocycles. The third kappa shape index (κ3) is 23.0.